The average Bonchev–Trinajstić information content (AvgIpc) is 2.31. The average molecular weight is 237 g/mol. The molecule has 0 atom stereocenters. The predicted molar refractivity (Wildman–Crippen MR) is 62.8 cm³/mol. The van der Waals surface area contributed by atoms with Gasteiger partial charge in [-0.2, -0.15) is 0 Å². The van der Waals surface area contributed by atoms with E-state index in [1.54, 1.807) is 42.5 Å². The number of halogens is 2. The molecule has 1 nitrogen and oxygen atoms in total. The molecule has 2 rings (SSSR count). The Kier molecular flexibility index (Phi) is 3.22. The SMILES string of the molecule is OCc1cccc(-c2ccccc2Cl)c1F. The third-order valence-electron chi connectivity index (χ3n) is 2.41. The highest BCUT2D eigenvalue weighted by atomic mass is 35.5. The Morgan fingerprint density at radius 1 is 1.00 bits per heavy atom. The quantitative estimate of drug-likeness (QED) is 0.844. The Hall–Kier alpha value is -1.38. The van der Waals surface area contributed by atoms with Gasteiger partial charge in [-0.25, -0.2) is 4.39 Å². The van der Waals surface area contributed by atoms with Crippen molar-refractivity contribution in [1.82, 2.24) is 0 Å². The molecule has 3 heteroatoms. The second-order valence-corrected chi connectivity index (χ2v) is 3.82. The third-order valence-corrected chi connectivity index (χ3v) is 2.74. The van der Waals surface area contributed by atoms with Gasteiger partial charge in [0.2, 0.25) is 0 Å². The minimum absolute atomic E-state index is 0.275. The van der Waals surface area contributed by atoms with Crippen molar-refractivity contribution < 1.29 is 9.50 Å². The number of benzene rings is 2. The van der Waals surface area contributed by atoms with E-state index in [0.29, 0.717) is 16.1 Å². The van der Waals surface area contributed by atoms with Crippen LogP contribution < -0.4 is 0 Å². The number of aliphatic hydroxyl groups excluding tert-OH is 1. The van der Waals surface area contributed by atoms with Crippen LogP contribution in [-0.4, -0.2) is 5.11 Å². The summed E-state index contributed by atoms with van der Waals surface area (Å²) in [6.07, 6.45) is 0. The molecule has 0 aromatic heterocycles. The van der Waals surface area contributed by atoms with Crippen molar-refractivity contribution in [3.05, 3.63) is 58.9 Å². The summed E-state index contributed by atoms with van der Waals surface area (Å²) in [4.78, 5) is 0. The van der Waals surface area contributed by atoms with E-state index in [9.17, 15) is 4.39 Å². The van der Waals surface area contributed by atoms with Crippen molar-refractivity contribution in [2.24, 2.45) is 0 Å². The van der Waals surface area contributed by atoms with E-state index < -0.39 is 5.82 Å². The molecule has 0 aliphatic rings. The second-order valence-electron chi connectivity index (χ2n) is 3.42. The highest BCUT2D eigenvalue weighted by Crippen LogP contribution is 2.30. The second kappa shape index (κ2) is 4.64. The summed E-state index contributed by atoms with van der Waals surface area (Å²) in [5, 5.41) is 9.48. The summed E-state index contributed by atoms with van der Waals surface area (Å²) in [6, 6.07) is 12.0. The van der Waals surface area contributed by atoms with Gasteiger partial charge in [0.15, 0.2) is 0 Å². The molecule has 0 saturated carbocycles. The number of hydrogen-bond donors (Lipinski definition) is 1. The number of rotatable bonds is 2. The third kappa shape index (κ3) is 1.94. The molecule has 0 fully saturated rings. The van der Waals surface area contributed by atoms with Gasteiger partial charge in [0.25, 0.3) is 0 Å². The topological polar surface area (TPSA) is 20.2 Å². The van der Waals surface area contributed by atoms with Gasteiger partial charge >= 0.3 is 0 Å². The van der Waals surface area contributed by atoms with Crippen molar-refractivity contribution in [3.63, 3.8) is 0 Å². The van der Waals surface area contributed by atoms with Crippen molar-refractivity contribution in [2.45, 2.75) is 6.61 Å². The first-order valence-electron chi connectivity index (χ1n) is 4.87. The zero-order chi connectivity index (χ0) is 11.5. The fraction of sp³-hybridized carbons (Fsp3) is 0.0769. The molecule has 0 unspecified atom stereocenters. The molecule has 0 amide bonds. The molecule has 0 aliphatic carbocycles. The first kappa shape index (κ1) is 11.1. The first-order valence-corrected chi connectivity index (χ1v) is 5.25. The molecule has 0 bridgehead atoms. The van der Waals surface area contributed by atoms with Crippen LogP contribution in [0.4, 0.5) is 4.39 Å². The van der Waals surface area contributed by atoms with Crippen LogP contribution in [0.25, 0.3) is 11.1 Å². The summed E-state index contributed by atoms with van der Waals surface area (Å²) in [5.74, 6) is -0.418. The molecule has 82 valence electrons. The Balaban J connectivity index is 2.61. The number of aliphatic hydroxyl groups is 1. The molecule has 0 radical (unpaired) electrons. The maximum absolute atomic E-state index is 13.9. The van der Waals surface area contributed by atoms with Crippen molar-refractivity contribution >= 4 is 11.6 Å². The van der Waals surface area contributed by atoms with Crippen molar-refractivity contribution in [2.75, 3.05) is 0 Å². The van der Waals surface area contributed by atoms with E-state index in [1.165, 1.54) is 0 Å². The zero-order valence-corrected chi connectivity index (χ0v) is 9.21. The molecule has 0 heterocycles. The van der Waals surface area contributed by atoms with Crippen LogP contribution in [-0.2, 0) is 6.61 Å². The predicted octanol–water partition coefficient (Wildman–Crippen LogP) is 3.64. The van der Waals surface area contributed by atoms with Crippen LogP contribution in [0.5, 0.6) is 0 Å². The van der Waals surface area contributed by atoms with Gasteiger partial charge in [-0.1, -0.05) is 48.0 Å². The van der Waals surface area contributed by atoms with Gasteiger partial charge in [0.05, 0.1) is 6.61 Å². The van der Waals surface area contributed by atoms with Crippen LogP contribution in [0.3, 0.4) is 0 Å². The van der Waals surface area contributed by atoms with Gasteiger partial charge in [0, 0.05) is 21.7 Å². The van der Waals surface area contributed by atoms with E-state index >= 15 is 0 Å². The molecule has 0 aliphatic heterocycles. The van der Waals surface area contributed by atoms with Gasteiger partial charge in [0.1, 0.15) is 5.82 Å². The van der Waals surface area contributed by atoms with E-state index in [-0.39, 0.29) is 12.2 Å². The molecule has 2 aromatic carbocycles. The first-order chi connectivity index (χ1) is 7.74. The zero-order valence-electron chi connectivity index (χ0n) is 8.45. The Morgan fingerprint density at radius 2 is 1.69 bits per heavy atom. The van der Waals surface area contributed by atoms with Gasteiger partial charge in [-0.15, -0.1) is 0 Å². The monoisotopic (exact) mass is 236 g/mol. The molecule has 1 N–H and O–H groups in total. The fourth-order valence-electron chi connectivity index (χ4n) is 1.59. The lowest BCUT2D eigenvalue weighted by atomic mass is 10.0. The highest BCUT2D eigenvalue weighted by molar-refractivity contribution is 6.33. The van der Waals surface area contributed by atoms with E-state index in [2.05, 4.69) is 0 Å². The summed E-state index contributed by atoms with van der Waals surface area (Å²) < 4.78 is 13.9. The Labute approximate surface area is 98.1 Å². The lowest BCUT2D eigenvalue weighted by Gasteiger charge is -2.08. The van der Waals surface area contributed by atoms with Crippen LogP contribution in [0.15, 0.2) is 42.5 Å². The standard InChI is InChI=1S/C13H10ClFO/c14-12-7-2-1-5-10(12)11-6-3-4-9(8-16)13(11)15/h1-7,16H,8H2. The minimum atomic E-state index is -0.418. The van der Waals surface area contributed by atoms with Gasteiger partial charge in [-0.05, 0) is 6.07 Å². The Morgan fingerprint density at radius 3 is 2.38 bits per heavy atom. The van der Waals surface area contributed by atoms with Crippen LogP contribution >= 0.6 is 11.6 Å². The van der Waals surface area contributed by atoms with Gasteiger partial charge in [-0.3, -0.25) is 0 Å². The fourth-order valence-corrected chi connectivity index (χ4v) is 1.83. The van der Waals surface area contributed by atoms with E-state index in [0.717, 1.165) is 0 Å². The smallest absolute Gasteiger partial charge is 0.136 e. The summed E-state index contributed by atoms with van der Waals surface area (Å²) in [5.41, 5.74) is 1.33. The molecular weight excluding hydrogens is 227 g/mol. The normalized spacial score (nSPS) is 10.4. The molecule has 2 aromatic rings. The largest absolute Gasteiger partial charge is 0.392 e. The van der Waals surface area contributed by atoms with Crippen LogP contribution in [0.1, 0.15) is 5.56 Å². The lowest BCUT2D eigenvalue weighted by Crippen LogP contribution is -1.93. The van der Waals surface area contributed by atoms with E-state index in [1.807, 2.05) is 0 Å². The molecule has 0 saturated heterocycles. The highest BCUT2D eigenvalue weighted by Gasteiger charge is 2.11. The maximum atomic E-state index is 13.9. The minimum Gasteiger partial charge on any atom is -0.392 e. The summed E-state index contributed by atoms with van der Waals surface area (Å²) in [7, 11) is 0. The summed E-state index contributed by atoms with van der Waals surface area (Å²) >= 11 is 6.00. The van der Waals surface area contributed by atoms with Crippen LogP contribution in [0, 0.1) is 5.82 Å². The Bertz CT molecular complexity index is 511. The lowest BCUT2D eigenvalue weighted by molar-refractivity contribution is 0.276. The molecular formula is C13H10ClFO. The molecule has 16 heavy (non-hydrogen) atoms. The van der Waals surface area contributed by atoms with Gasteiger partial charge < -0.3 is 5.11 Å². The number of hydrogen-bond acceptors (Lipinski definition) is 1. The maximum Gasteiger partial charge on any atom is 0.136 e. The summed E-state index contributed by atoms with van der Waals surface area (Å²) in [6.45, 7) is -0.315. The molecule has 0 spiro atoms. The van der Waals surface area contributed by atoms with E-state index in [4.69, 9.17) is 16.7 Å². The van der Waals surface area contributed by atoms with Crippen molar-refractivity contribution in [3.8, 4) is 11.1 Å². The van der Waals surface area contributed by atoms with Crippen LogP contribution in [0.2, 0.25) is 5.02 Å². The van der Waals surface area contributed by atoms with Crippen molar-refractivity contribution in [1.29, 1.82) is 0 Å².